The molecule has 1 heterocycles. The number of amides is 1. The Balaban J connectivity index is 1.37. The summed E-state index contributed by atoms with van der Waals surface area (Å²) < 4.78 is 22.2. The standard InChI is InChI=1S/C24H19BrFN3O2/c25-20-8-10-22(11-9-20)31-16-17-4-3-6-18(12-17)24(30)28-21-13-27-29(15-21)14-19-5-1-2-7-23(19)26/h1-13,15H,14,16H2,(H,28,30). The lowest BCUT2D eigenvalue weighted by molar-refractivity contribution is 0.102. The number of hydrogen-bond acceptors (Lipinski definition) is 3. The van der Waals surface area contributed by atoms with Crippen molar-refractivity contribution in [3.63, 3.8) is 0 Å². The average Bonchev–Trinajstić information content (AvgIpc) is 3.22. The molecule has 0 saturated carbocycles. The van der Waals surface area contributed by atoms with Crippen molar-refractivity contribution >= 4 is 27.5 Å². The zero-order chi connectivity index (χ0) is 21.6. The predicted molar refractivity (Wildman–Crippen MR) is 121 cm³/mol. The molecule has 0 unspecified atom stereocenters. The first-order chi connectivity index (χ1) is 15.1. The van der Waals surface area contributed by atoms with Gasteiger partial charge in [-0.3, -0.25) is 9.48 Å². The summed E-state index contributed by atoms with van der Waals surface area (Å²) in [7, 11) is 0. The first kappa shape index (κ1) is 20.8. The highest BCUT2D eigenvalue weighted by molar-refractivity contribution is 9.10. The maximum Gasteiger partial charge on any atom is 0.255 e. The predicted octanol–water partition coefficient (Wildman–Crippen LogP) is 5.66. The minimum absolute atomic E-state index is 0.254. The van der Waals surface area contributed by atoms with E-state index in [1.807, 2.05) is 36.4 Å². The van der Waals surface area contributed by atoms with Crippen molar-refractivity contribution in [3.8, 4) is 5.75 Å². The van der Waals surface area contributed by atoms with Crippen LogP contribution in [-0.4, -0.2) is 15.7 Å². The fourth-order valence-corrected chi connectivity index (χ4v) is 3.28. The third kappa shape index (κ3) is 5.58. The highest BCUT2D eigenvalue weighted by atomic mass is 79.9. The smallest absolute Gasteiger partial charge is 0.255 e. The molecule has 1 N–H and O–H groups in total. The summed E-state index contributed by atoms with van der Waals surface area (Å²) in [6.07, 6.45) is 3.21. The lowest BCUT2D eigenvalue weighted by Gasteiger charge is -2.08. The molecule has 3 aromatic carbocycles. The maximum atomic E-state index is 13.8. The summed E-state index contributed by atoms with van der Waals surface area (Å²) >= 11 is 3.39. The van der Waals surface area contributed by atoms with Crippen LogP contribution in [0.4, 0.5) is 10.1 Å². The normalized spacial score (nSPS) is 10.6. The van der Waals surface area contributed by atoms with Gasteiger partial charge in [0, 0.05) is 21.8 Å². The lowest BCUT2D eigenvalue weighted by Crippen LogP contribution is -2.12. The monoisotopic (exact) mass is 479 g/mol. The summed E-state index contributed by atoms with van der Waals surface area (Å²) in [6, 6.07) is 21.4. The van der Waals surface area contributed by atoms with Crippen LogP contribution in [0, 0.1) is 5.82 Å². The van der Waals surface area contributed by atoms with Crippen molar-refractivity contribution in [2.75, 3.05) is 5.32 Å². The molecule has 0 radical (unpaired) electrons. The van der Waals surface area contributed by atoms with Crippen molar-refractivity contribution in [2.24, 2.45) is 0 Å². The first-order valence-corrected chi connectivity index (χ1v) is 10.4. The van der Waals surface area contributed by atoms with Gasteiger partial charge in [0.1, 0.15) is 18.2 Å². The van der Waals surface area contributed by atoms with E-state index in [9.17, 15) is 9.18 Å². The molecule has 0 aliphatic rings. The molecule has 0 fully saturated rings. The minimum Gasteiger partial charge on any atom is -0.489 e. The number of aromatic nitrogens is 2. The number of halogens is 2. The number of hydrogen-bond donors (Lipinski definition) is 1. The van der Waals surface area contributed by atoms with Crippen LogP contribution in [0.1, 0.15) is 21.5 Å². The van der Waals surface area contributed by atoms with Gasteiger partial charge in [0.15, 0.2) is 0 Å². The molecule has 0 aliphatic heterocycles. The second kappa shape index (κ2) is 9.57. The topological polar surface area (TPSA) is 56.2 Å². The van der Waals surface area contributed by atoms with Gasteiger partial charge < -0.3 is 10.1 Å². The zero-order valence-corrected chi connectivity index (χ0v) is 18.0. The van der Waals surface area contributed by atoms with E-state index in [0.717, 1.165) is 15.8 Å². The molecular weight excluding hydrogens is 461 g/mol. The van der Waals surface area contributed by atoms with Crippen molar-refractivity contribution < 1.29 is 13.9 Å². The molecule has 0 bridgehead atoms. The molecule has 4 aromatic rings. The Morgan fingerprint density at radius 1 is 1.06 bits per heavy atom. The number of rotatable bonds is 7. The van der Waals surface area contributed by atoms with E-state index in [-0.39, 0.29) is 18.3 Å². The van der Waals surface area contributed by atoms with Gasteiger partial charge in [0.05, 0.1) is 18.4 Å². The Morgan fingerprint density at radius 3 is 2.68 bits per heavy atom. The second-order valence-corrected chi connectivity index (χ2v) is 7.83. The molecule has 31 heavy (non-hydrogen) atoms. The third-order valence-corrected chi connectivity index (χ3v) is 5.12. The summed E-state index contributed by atoms with van der Waals surface area (Å²) in [4.78, 5) is 12.6. The fourth-order valence-electron chi connectivity index (χ4n) is 3.02. The summed E-state index contributed by atoms with van der Waals surface area (Å²) in [6.45, 7) is 0.634. The lowest BCUT2D eigenvalue weighted by atomic mass is 10.1. The molecule has 5 nitrogen and oxygen atoms in total. The molecule has 1 aromatic heterocycles. The Bertz CT molecular complexity index is 1190. The average molecular weight is 480 g/mol. The molecule has 0 spiro atoms. The largest absolute Gasteiger partial charge is 0.489 e. The van der Waals surface area contributed by atoms with Gasteiger partial charge in [-0.2, -0.15) is 5.10 Å². The van der Waals surface area contributed by atoms with Gasteiger partial charge in [0.2, 0.25) is 0 Å². The number of ether oxygens (including phenoxy) is 1. The van der Waals surface area contributed by atoms with Crippen LogP contribution in [-0.2, 0) is 13.2 Å². The highest BCUT2D eigenvalue weighted by Crippen LogP contribution is 2.18. The number of nitrogens with zero attached hydrogens (tertiary/aromatic N) is 2. The maximum absolute atomic E-state index is 13.8. The highest BCUT2D eigenvalue weighted by Gasteiger charge is 2.10. The van der Waals surface area contributed by atoms with Crippen LogP contribution in [0.15, 0.2) is 89.7 Å². The van der Waals surface area contributed by atoms with Gasteiger partial charge in [-0.1, -0.05) is 46.3 Å². The molecule has 0 atom stereocenters. The van der Waals surface area contributed by atoms with E-state index in [1.54, 1.807) is 47.4 Å². The molecular formula is C24H19BrFN3O2. The van der Waals surface area contributed by atoms with E-state index in [2.05, 4.69) is 26.3 Å². The van der Waals surface area contributed by atoms with Gasteiger partial charge in [-0.05, 0) is 48.0 Å². The third-order valence-electron chi connectivity index (χ3n) is 4.59. The summed E-state index contributed by atoms with van der Waals surface area (Å²) in [5.74, 6) is 0.210. The summed E-state index contributed by atoms with van der Waals surface area (Å²) in [5, 5.41) is 7.02. The molecule has 4 rings (SSSR count). The number of nitrogens with one attached hydrogen (secondary N) is 1. The van der Waals surface area contributed by atoms with E-state index in [0.29, 0.717) is 23.4 Å². The quantitative estimate of drug-likeness (QED) is 0.371. The SMILES string of the molecule is O=C(Nc1cnn(Cc2ccccc2F)c1)c1cccc(COc2ccc(Br)cc2)c1. The fraction of sp³-hybridized carbons (Fsp3) is 0.0833. The van der Waals surface area contributed by atoms with Gasteiger partial charge >= 0.3 is 0 Å². The van der Waals surface area contributed by atoms with Crippen molar-refractivity contribution in [1.82, 2.24) is 9.78 Å². The molecule has 1 amide bonds. The minimum atomic E-state index is -0.286. The van der Waals surface area contributed by atoms with Crippen LogP contribution < -0.4 is 10.1 Å². The van der Waals surface area contributed by atoms with Gasteiger partial charge in [-0.15, -0.1) is 0 Å². The molecule has 7 heteroatoms. The van der Waals surface area contributed by atoms with E-state index in [4.69, 9.17) is 4.74 Å². The summed E-state index contributed by atoms with van der Waals surface area (Å²) in [5.41, 5.74) is 2.46. The Morgan fingerprint density at radius 2 is 1.87 bits per heavy atom. The van der Waals surface area contributed by atoms with Crippen LogP contribution in [0.3, 0.4) is 0 Å². The van der Waals surface area contributed by atoms with Gasteiger partial charge in [0.25, 0.3) is 5.91 Å². The van der Waals surface area contributed by atoms with E-state index >= 15 is 0 Å². The first-order valence-electron chi connectivity index (χ1n) is 9.61. The van der Waals surface area contributed by atoms with Gasteiger partial charge in [-0.25, -0.2) is 4.39 Å². The van der Waals surface area contributed by atoms with Crippen molar-refractivity contribution in [3.05, 3.63) is 112 Å². The van der Waals surface area contributed by atoms with Crippen molar-refractivity contribution in [2.45, 2.75) is 13.2 Å². The van der Waals surface area contributed by atoms with Crippen LogP contribution in [0.5, 0.6) is 5.75 Å². The molecule has 0 saturated heterocycles. The zero-order valence-electron chi connectivity index (χ0n) is 16.5. The Hall–Kier alpha value is -3.45. The molecule has 0 aliphatic carbocycles. The van der Waals surface area contributed by atoms with Crippen LogP contribution in [0.25, 0.3) is 0 Å². The Kier molecular flexibility index (Phi) is 6.43. The second-order valence-electron chi connectivity index (χ2n) is 6.92. The van der Waals surface area contributed by atoms with Crippen molar-refractivity contribution in [1.29, 1.82) is 0 Å². The van der Waals surface area contributed by atoms with Crippen LogP contribution in [0.2, 0.25) is 0 Å². The number of anilines is 1. The number of carbonyl (C=O) groups excluding carboxylic acids is 1. The number of carbonyl (C=O) groups is 1. The van der Waals surface area contributed by atoms with Crippen LogP contribution >= 0.6 is 15.9 Å². The molecule has 156 valence electrons. The number of benzene rings is 3. The van der Waals surface area contributed by atoms with E-state index in [1.165, 1.54) is 6.07 Å². The van der Waals surface area contributed by atoms with E-state index < -0.39 is 0 Å². The Labute approximate surface area is 187 Å².